The Labute approximate surface area is 185 Å². The monoisotopic (exact) mass is 429 g/mol. The van der Waals surface area contributed by atoms with Crippen LogP contribution in [0, 0.1) is 24.1 Å². The van der Waals surface area contributed by atoms with Crippen molar-refractivity contribution in [2.75, 3.05) is 17.2 Å². The summed E-state index contributed by atoms with van der Waals surface area (Å²) in [6.07, 6.45) is 1.40. The van der Waals surface area contributed by atoms with Gasteiger partial charge in [-0.15, -0.1) is 0 Å². The lowest BCUT2D eigenvalue weighted by molar-refractivity contribution is -0.118. The molecule has 3 rings (SSSR count). The molecule has 3 aromatic carbocycles. The molecule has 0 saturated carbocycles. The van der Waals surface area contributed by atoms with Crippen LogP contribution < -0.4 is 15.4 Å². The second kappa shape index (κ2) is 10.5. The minimum Gasteiger partial charge on any atom is -0.483 e. The Bertz CT molecular complexity index is 1200. The van der Waals surface area contributed by atoms with Crippen LogP contribution in [0.2, 0.25) is 0 Å². The van der Waals surface area contributed by atoms with Gasteiger partial charge in [0.05, 0.1) is 0 Å². The number of nitrogens with zero attached hydrogens (tertiary/aromatic N) is 1. The van der Waals surface area contributed by atoms with Crippen LogP contribution in [0.25, 0.3) is 6.08 Å². The molecule has 0 radical (unpaired) electrons. The van der Waals surface area contributed by atoms with Gasteiger partial charge in [-0.05, 0) is 61.0 Å². The van der Waals surface area contributed by atoms with Crippen LogP contribution in [-0.2, 0) is 9.59 Å². The van der Waals surface area contributed by atoms with Crippen molar-refractivity contribution in [2.45, 2.75) is 6.92 Å². The number of ether oxygens (including phenoxy) is 1. The Morgan fingerprint density at radius 1 is 1.00 bits per heavy atom. The number of hydrogen-bond acceptors (Lipinski definition) is 4. The van der Waals surface area contributed by atoms with E-state index in [1.807, 2.05) is 19.1 Å². The second-order valence-electron chi connectivity index (χ2n) is 6.87. The molecule has 0 bridgehead atoms. The summed E-state index contributed by atoms with van der Waals surface area (Å²) in [4.78, 5) is 24.7. The van der Waals surface area contributed by atoms with Crippen LogP contribution in [0.15, 0.2) is 78.4 Å². The Hall–Kier alpha value is -4.44. The van der Waals surface area contributed by atoms with Crippen molar-refractivity contribution in [3.05, 3.63) is 95.3 Å². The first-order chi connectivity index (χ1) is 15.4. The fraction of sp³-hybridized carbons (Fsp3) is 0.0800. The fourth-order valence-corrected chi connectivity index (χ4v) is 2.83. The van der Waals surface area contributed by atoms with Crippen LogP contribution >= 0.6 is 0 Å². The number of benzene rings is 3. The third-order valence-corrected chi connectivity index (χ3v) is 4.35. The van der Waals surface area contributed by atoms with Crippen LogP contribution in [-0.4, -0.2) is 18.4 Å². The number of nitrogens with one attached hydrogen (secondary N) is 2. The molecule has 0 heterocycles. The first-order valence-electron chi connectivity index (χ1n) is 9.71. The van der Waals surface area contributed by atoms with Gasteiger partial charge in [0.15, 0.2) is 6.61 Å². The highest BCUT2D eigenvalue weighted by molar-refractivity contribution is 6.09. The normalized spacial score (nSPS) is 10.7. The number of amides is 2. The van der Waals surface area contributed by atoms with Gasteiger partial charge < -0.3 is 15.4 Å². The predicted molar refractivity (Wildman–Crippen MR) is 120 cm³/mol. The Kier molecular flexibility index (Phi) is 7.33. The third-order valence-electron chi connectivity index (χ3n) is 4.35. The molecule has 0 aliphatic carbocycles. The SMILES string of the molecule is Cc1cccc(NC(=O)C(C#N)=Cc2ccccc2OCC(=O)Nc2ccc(F)cc2)c1. The minimum atomic E-state index is -0.554. The predicted octanol–water partition coefficient (Wildman–Crippen LogP) is 4.70. The number of nitriles is 1. The van der Waals surface area contributed by atoms with Gasteiger partial charge >= 0.3 is 0 Å². The molecule has 0 aliphatic rings. The molecule has 0 fully saturated rings. The Balaban J connectivity index is 1.69. The lowest BCUT2D eigenvalue weighted by atomic mass is 10.1. The van der Waals surface area contributed by atoms with Gasteiger partial charge in [0.1, 0.15) is 23.2 Å². The summed E-state index contributed by atoms with van der Waals surface area (Å²) in [5.41, 5.74) is 2.35. The number of rotatable bonds is 7. The highest BCUT2D eigenvalue weighted by Crippen LogP contribution is 2.22. The Morgan fingerprint density at radius 2 is 1.75 bits per heavy atom. The van der Waals surface area contributed by atoms with E-state index in [0.717, 1.165) is 5.56 Å². The highest BCUT2D eigenvalue weighted by Gasteiger charge is 2.12. The molecular weight excluding hydrogens is 409 g/mol. The zero-order valence-corrected chi connectivity index (χ0v) is 17.3. The number of hydrogen-bond donors (Lipinski definition) is 2. The van der Waals surface area contributed by atoms with Crippen molar-refractivity contribution in [1.82, 2.24) is 0 Å². The van der Waals surface area contributed by atoms with Crippen molar-refractivity contribution >= 4 is 29.3 Å². The summed E-state index contributed by atoms with van der Waals surface area (Å²) in [6.45, 7) is 1.59. The molecule has 6 nitrogen and oxygen atoms in total. The largest absolute Gasteiger partial charge is 0.483 e. The quantitative estimate of drug-likeness (QED) is 0.421. The number of carbonyl (C=O) groups is 2. The molecular formula is C25H20FN3O3. The highest BCUT2D eigenvalue weighted by atomic mass is 19.1. The summed E-state index contributed by atoms with van der Waals surface area (Å²) >= 11 is 0. The van der Waals surface area contributed by atoms with E-state index < -0.39 is 17.6 Å². The van der Waals surface area contributed by atoms with Crippen molar-refractivity contribution in [3.63, 3.8) is 0 Å². The summed E-state index contributed by atoms with van der Waals surface area (Å²) in [5.74, 6) is -1.06. The van der Waals surface area contributed by atoms with Crippen molar-refractivity contribution in [1.29, 1.82) is 5.26 Å². The maximum Gasteiger partial charge on any atom is 0.266 e. The van der Waals surface area contributed by atoms with E-state index in [0.29, 0.717) is 22.7 Å². The van der Waals surface area contributed by atoms with Crippen LogP contribution in [0.3, 0.4) is 0 Å². The van der Waals surface area contributed by atoms with Gasteiger partial charge in [0.25, 0.3) is 11.8 Å². The van der Waals surface area contributed by atoms with E-state index in [-0.39, 0.29) is 12.2 Å². The van der Waals surface area contributed by atoms with Crippen molar-refractivity contribution in [3.8, 4) is 11.8 Å². The average molecular weight is 429 g/mol. The Morgan fingerprint density at radius 3 is 2.47 bits per heavy atom. The molecule has 32 heavy (non-hydrogen) atoms. The molecule has 160 valence electrons. The number of aryl methyl sites for hydroxylation is 1. The molecule has 0 spiro atoms. The van der Waals surface area contributed by atoms with E-state index in [1.54, 1.807) is 42.5 Å². The van der Waals surface area contributed by atoms with Crippen LogP contribution in [0.5, 0.6) is 5.75 Å². The fourth-order valence-electron chi connectivity index (χ4n) is 2.83. The smallest absolute Gasteiger partial charge is 0.266 e. The zero-order chi connectivity index (χ0) is 22.9. The summed E-state index contributed by atoms with van der Waals surface area (Å²) < 4.78 is 18.6. The van der Waals surface area contributed by atoms with Gasteiger partial charge in [-0.25, -0.2) is 4.39 Å². The standard InChI is InChI=1S/C25H20FN3O3/c1-17-5-4-7-22(13-17)29-25(31)19(15-27)14-18-6-2-3-8-23(18)32-16-24(30)28-21-11-9-20(26)10-12-21/h2-14H,16H2,1H3,(H,28,30)(H,29,31). The van der Waals surface area contributed by atoms with E-state index >= 15 is 0 Å². The van der Waals surface area contributed by atoms with Crippen molar-refractivity contribution in [2.24, 2.45) is 0 Å². The van der Waals surface area contributed by atoms with Gasteiger partial charge in [-0.3, -0.25) is 9.59 Å². The third kappa shape index (κ3) is 6.28. The molecule has 0 atom stereocenters. The minimum absolute atomic E-state index is 0.113. The number of halogens is 1. The van der Waals surface area contributed by atoms with Gasteiger partial charge in [-0.2, -0.15) is 5.26 Å². The van der Waals surface area contributed by atoms with Gasteiger partial charge in [0.2, 0.25) is 0 Å². The maximum absolute atomic E-state index is 13.0. The van der Waals surface area contributed by atoms with Crippen molar-refractivity contribution < 1.29 is 18.7 Å². The first-order valence-corrected chi connectivity index (χ1v) is 9.71. The van der Waals surface area contributed by atoms with Gasteiger partial charge in [-0.1, -0.05) is 30.3 Å². The molecule has 2 amide bonds. The zero-order valence-electron chi connectivity index (χ0n) is 17.3. The molecule has 0 saturated heterocycles. The van der Waals surface area contributed by atoms with Crippen LogP contribution in [0.1, 0.15) is 11.1 Å². The summed E-state index contributed by atoms with van der Waals surface area (Å²) in [7, 11) is 0. The molecule has 0 unspecified atom stereocenters. The van der Waals surface area contributed by atoms with E-state index in [9.17, 15) is 19.2 Å². The lowest BCUT2D eigenvalue weighted by Crippen LogP contribution is -2.20. The average Bonchev–Trinajstić information content (AvgIpc) is 2.78. The number of anilines is 2. The van der Waals surface area contributed by atoms with E-state index in [2.05, 4.69) is 10.6 Å². The van der Waals surface area contributed by atoms with Gasteiger partial charge in [0, 0.05) is 16.9 Å². The molecule has 0 aromatic heterocycles. The lowest BCUT2D eigenvalue weighted by Gasteiger charge is -2.10. The van der Waals surface area contributed by atoms with E-state index in [1.165, 1.54) is 30.3 Å². The summed E-state index contributed by atoms with van der Waals surface area (Å²) in [6, 6.07) is 21.2. The molecule has 2 N–H and O–H groups in total. The molecule has 3 aromatic rings. The number of carbonyl (C=O) groups excluding carboxylic acids is 2. The second-order valence-corrected chi connectivity index (χ2v) is 6.87. The molecule has 7 heteroatoms. The topological polar surface area (TPSA) is 91.2 Å². The van der Waals surface area contributed by atoms with E-state index in [4.69, 9.17) is 4.74 Å². The maximum atomic E-state index is 13.0. The first kappa shape index (κ1) is 22.2. The van der Waals surface area contributed by atoms with Crippen LogP contribution in [0.4, 0.5) is 15.8 Å². The summed E-state index contributed by atoms with van der Waals surface area (Å²) in [5, 5.41) is 14.8. The molecule has 0 aliphatic heterocycles. The number of para-hydroxylation sites is 1.